The van der Waals surface area contributed by atoms with Gasteiger partial charge in [-0.25, -0.2) is 4.98 Å². The summed E-state index contributed by atoms with van der Waals surface area (Å²) in [6, 6.07) is 10.1. The highest BCUT2D eigenvalue weighted by atomic mass is 16.3. The third-order valence-electron chi connectivity index (χ3n) is 9.11. The third-order valence-corrected chi connectivity index (χ3v) is 9.11. The minimum absolute atomic E-state index is 0.232. The molecule has 4 bridgehead atoms. The van der Waals surface area contributed by atoms with Crippen LogP contribution in [0.4, 0.5) is 11.8 Å². The highest BCUT2D eigenvalue weighted by molar-refractivity contribution is 5.53. The van der Waals surface area contributed by atoms with Crippen LogP contribution in [0.2, 0.25) is 0 Å². The van der Waals surface area contributed by atoms with Crippen molar-refractivity contribution in [3.05, 3.63) is 41.6 Å². The molecule has 4 aliphatic rings. The maximum absolute atomic E-state index is 10.0. The molecule has 0 radical (unpaired) electrons. The molecule has 4 saturated carbocycles. The Balaban J connectivity index is 1.24. The number of benzene rings is 1. The second kappa shape index (κ2) is 10.8. The molecular weight excluding hydrogens is 464 g/mol. The van der Waals surface area contributed by atoms with Crippen LogP contribution in [0.3, 0.4) is 0 Å². The van der Waals surface area contributed by atoms with Gasteiger partial charge in [-0.2, -0.15) is 10.2 Å². The Labute approximate surface area is 220 Å². The van der Waals surface area contributed by atoms with Crippen LogP contribution in [0, 0.1) is 40.4 Å². The number of nitriles is 1. The van der Waals surface area contributed by atoms with Gasteiger partial charge in [-0.3, -0.25) is 0 Å². The van der Waals surface area contributed by atoms with Crippen molar-refractivity contribution in [1.82, 2.24) is 14.9 Å². The monoisotopic (exact) mass is 504 g/mol. The molecule has 1 aromatic heterocycles. The van der Waals surface area contributed by atoms with Crippen molar-refractivity contribution >= 4 is 11.8 Å². The Morgan fingerprint density at radius 2 is 1.95 bits per heavy atom. The minimum Gasteiger partial charge on any atom is -0.508 e. The maximum Gasteiger partial charge on any atom is 0.224 e. The lowest BCUT2D eigenvalue weighted by molar-refractivity contribution is -0.102. The highest BCUT2D eigenvalue weighted by Gasteiger charge is 2.55. The molecule has 37 heavy (non-hydrogen) atoms. The van der Waals surface area contributed by atoms with Gasteiger partial charge in [-0.05, 0) is 87.3 Å². The second-order valence-electron chi connectivity index (χ2n) is 11.9. The predicted molar refractivity (Wildman–Crippen MR) is 144 cm³/mol. The molecule has 2 aromatic rings. The number of anilines is 2. The van der Waals surface area contributed by atoms with Gasteiger partial charge in [0, 0.05) is 31.3 Å². The van der Waals surface area contributed by atoms with E-state index in [0.717, 1.165) is 42.8 Å². The number of aromatic hydroxyl groups is 1. The van der Waals surface area contributed by atoms with E-state index in [-0.39, 0.29) is 17.8 Å². The summed E-state index contributed by atoms with van der Waals surface area (Å²) >= 11 is 0. The van der Waals surface area contributed by atoms with E-state index in [2.05, 4.69) is 45.5 Å². The number of para-hydroxylation sites is 1. The zero-order valence-electron chi connectivity index (χ0n) is 22.0. The normalized spacial score (nSPS) is 28.7. The van der Waals surface area contributed by atoms with E-state index < -0.39 is 0 Å². The van der Waals surface area contributed by atoms with E-state index >= 15 is 0 Å². The van der Waals surface area contributed by atoms with Crippen LogP contribution in [0.5, 0.6) is 5.75 Å². The molecule has 0 spiro atoms. The van der Waals surface area contributed by atoms with Gasteiger partial charge in [0.2, 0.25) is 5.95 Å². The van der Waals surface area contributed by atoms with Crippen molar-refractivity contribution in [2.24, 2.45) is 29.1 Å². The van der Waals surface area contributed by atoms with Gasteiger partial charge in [0.1, 0.15) is 23.2 Å². The lowest BCUT2D eigenvalue weighted by Crippen LogP contribution is -2.60. The molecule has 4 N–H and O–H groups in total. The van der Waals surface area contributed by atoms with Crippen molar-refractivity contribution in [2.75, 3.05) is 37.4 Å². The van der Waals surface area contributed by atoms with Crippen LogP contribution in [0.15, 0.2) is 30.5 Å². The number of aromatic nitrogens is 2. The number of hydrogen-bond donors (Lipinski definition) is 4. The molecule has 198 valence electrons. The van der Waals surface area contributed by atoms with Gasteiger partial charge in [0.25, 0.3) is 0 Å². The largest absolute Gasteiger partial charge is 0.508 e. The van der Waals surface area contributed by atoms with Crippen molar-refractivity contribution in [3.63, 3.8) is 0 Å². The van der Waals surface area contributed by atoms with Gasteiger partial charge >= 0.3 is 0 Å². The topological polar surface area (TPSA) is 117 Å². The number of rotatable bonds is 11. The van der Waals surface area contributed by atoms with E-state index in [9.17, 15) is 15.5 Å². The Kier molecular flexibility index (Phi) is 7.55. The molecule has 0 saturated heterocycles. The fourth-order valence-electron chi connectivity index (χ4n) is 7.56. The van der Waals surface area contributed by atoms with Crippen LogP contribution in [0.25, 0.3) is 0 Å². The van der Waals surface area contributed by atoms with Crippen LogP contribution < -0.4 is 10.6 Å². The number of aliphatic hydroxyl groups is 1. The molecule has 1 heterocycles. The van der Waals surface area contributed by atoms with Crippen LogP contribution in [-0.4, -0.2) is 57.9 Å². The van der Waals surface area contributed by atoms with Crippen molar-refractivity contribution in [1.29, 1.82) is 5.26 Å². The van der Waals surface area contributed by atoms with Gasteiger partial charge in [0.15, 0.2) is 0 Å². The summed E-state index contributed by atoms with van der Waals surface area (Å²) in [5.41, 5.74) is 1.48. The molecule has 0 aliphatic heterocycles. The lowest BCUT2D eigenvalue weighted by Gasteiger charge is -2.62. The zero-order chi connectivity index (χ0) is 26.0. The first-order valence-corrected chi connectivity index (χ1v) is 13.7. The van der Waals surface area contributed by atoms with E-state index in [1.807, 2.05) is 12.1 Å². The summed E-state index contributed by atoms with van der Waals surface area (Å²) < 4.78 is 0. The molecule has 4 aliphatic carbocycles. The van der Waals surface area contributed by atoms with Crippen molar-refractivity contribution < 1.29 is 10.2 Å². The second-order valence-corrected chi connectivity index (χ2v) is 11.9. The van der Waals surface area contributed by atoms with Gasteiger partial charge in [0.05, 0.1) is 6.20 Å². The first kappa shape index (κ1) is 25.7. The number of nitrogens with one attached hydrogen (secondary N) is 2. The molecule has 6 rings (SSSR count). The number of phenols is 1. The summed E-state index contributed by atoms with van der Waals surface area (Å²) in [6.45, 7) is 4.68. The average molecular weight is 505 g/mol. The average Bonchev–Trinajstić information content (AvgIpc) is 2.89. The van der Waals surface area contributed by atoms with Gasteiger partial charge in [-0.15, -0.1) is 0 Å². The quantitative estimate of drug-likeness (QED) is 0.359. The first-order chi connectivity index (χ1) is 17.9. The Morgan fingerprint density at radius 3 is 2.65 bits per heavy atom. The predicted octanol–water partition coefficient (Wildman–Crippen LogP) is 4.22. The highest BCUT2D eigenvalue weighted by Crippen LogP contribution is 2.61. The fourth-order valence-corrected chi connectivity index (χ4v) is 7.56. The van der Waals surface area contributed by atoms with E-state index in [1.165, 1.54) is 32.1 Å². The molecule has 4 fully saturated rings. The molecular formula is C29H40N6O2. The fraction of sp³-hybridized carbons (Fsp3) is 0.621. The molecule has 0 amide bonds. The summed E-state index contributed by atoms with van der Waals surface area (Å²) in [6.07, 6.45) is 8.99. The van der Waals surface area contributed by atoms with E-state index in [1.54, 1.807) is 18.3 Å². The van der Waals surface area contributed by atoms with Gasteiger partial charge < -0.3 is 25.7 Å². The smallest absolute Gasteiger partial charge is 0.224 e. The number of phenolic OH excluding ortho intramolecular Hbond substituents is 1. The summed E-state index contributed by atoms with van der Waals surface area (Å²) in [5.74, 6) is 3.86. The number of aliphatic hydroxyl groups excluding tert-OH is 1. The van der Waals surface area contributed by atoms with Crippen LogP contribution >= 0.6 is 0 Å². The summed E-state index contributed by atoms with van der Waals surface area (Å²) in [5, 5.41) is 35.9. The molecule has 8 nitrogen and oxygen atoms in total. The van der Waals surface area contributed by atoms with Crippen LogP contribution in [0.1, 0.15) is 56.6 Å². The Morgan fingerprint density at radius 1 is 1.19 bits per heavy atom. The zero-order valence-corrected chi connectivity index (χ0v) is 22.0. The maximum atomic E-state index is 10.0. The molecule has 8 heteroatoms. The SMILES string of the molecule is C[C@H](CO)CCN(C)[C@@H]1[C@@H]2CC3C[C@H]1C[C@](CNc1nc(NCc4ccccc4O)ncc1C#N)(C3)C2. The number of hydrogen-bond acceptors (Lipinski definition) is 8. The molecule has 1 aromatic carbocycles. The summed E-state index contributed by atoms with van der Waals surface area (Å²) in [7, 11) is 2.28. The van der Waals surface area contributed by atoms with E-state index in [4.69, 9.17) is 0 Å². The Bertz CT molecular complexity index is 1120. The minimum atomic E-state index is 0.232. The first-order valence-electron chi connectivity index (χ1n) is 13.7. The summed E-state index contributed by atoms with van der Waals surface area (Å²) in [4.78, 5) is 11.5. The van der Waals surface area contributed by atoms with E-state index in [0.29, 0.717) is 35.8 Å². The standard InChI is InChI=1S/C29H40N6O2/c1-19(17-36)7-8-35(2)26-22-9-20-10-23(26)13-29(11-20,12-22)18-33-27-24(14-30)16-32-28(34-27)31-15-21-5-3-4-6-25(21)37/h3-6,16,19-20,22-23,26,36-37H,7-13,15,17-18H2,1-2H3,(H2,31,32,33,34)/t19-,20?,22-,23+,26-,29+/m0/s1. The van der Waals surface area contributed by atoms with Crippen molar-refractivity contribution in [2.45, 2.75) is 58.0 Å². The molecule has 6 atom stereocenters. The third kappa shape index (κ3) is 5.53. The van der Waals surface area contributed by atoms with Crippen LogP contribution in [-0.2, 0) is 6.54 Å². The Hall–Kier alpha value is -2.89. The number of nitrogens with zero attached hydrogens (tertiary/aromatic N) is 4. The lowest BCUT2D eigenvalue weighted by atomic mass is 9.47. The van der Waals surface area contributed by atoms with Crippen molar-refractivity contribution in [3.8, 4) is 11.8 Å². The molecule has 1 unspecified atom stereocenters. The van der Waals surface area contributed by atoms with Gasteiger partial charge in [-0.1, -0.05) is 25.1 Å².